The number of benzene rings is 1. The van der Waals surface area contributed by atoms with E-state index >= 15 is 0 Å². The highest BCUT2D eigenvalue weighted by Crippen LogP contribution is 2.20. The van der Waals surface area contributed by atoms with Crippen LogP contribution in [0.25, 0.3) is 0 Å². The van der Waals surface area contributed by atoms with Gasteiger partial charge >= 0.3 is 0 Å². The molecule has 1 amide bonds. The van der Waals surface area contributed by atoms with Gasteiger partial charge in [-0.25, -0.2) is 4.98 Å². The standard InChI is InChI=1S/C22H24N6O/c1-16-6-8-18(9-7-16)25-20-15-17(2)24-22(26-20)28-13-11-27(12-14-28)21(29)19-5-3-4-10-23-19/h3-10,15H,11-14H2,1-2H3,(H,24,25,26). The van der Waals surface area contributed by atoms with Crippen LogP contribution >= 0.6 is 0 Å². The summed E-state index contributed by atoms with van der Waals surface area (Å²) >= 11 is 0. The van der Waals surface area contributed by atoms with Crippen molar-refractivity contribution in [1.29, 1.82) is 0 Å². The Labute approximate surface area is 170 Å². The number of amides is 1. The first-order chi connectivity index (χ1) is 14.1. The number of nitrogens with zero attached hydrogens (tertiary/aromatic N) is 5. The summed E-state index contributed by atoms with van der Waals surface area (Å²) in [4.78, 5) is 30.0. The summed E-state index contributed by atoms with van der Waals surface area (Å²) in [5.74, 6) is 1.42. The van der Waals surface area contributed by atoms with Crippen molar-refractivity contribution in [3.05, 3.63) is 71.7 Å². The number of aryl methyl sites for hydroxylation is 2. The Balaban J connectivity index is 1.43. The molecule has 0 atom stereocenters. The van der Waals surface area contributed by atoms with Crippen LogP contribution in [0.1, 0.15) is 21.7 Å². The molecule has 148 valence electrons. The lowest BCUT2D eigenvalue weighted by atomic mass is 10.2. The van der Waals surface area contributed by atoms with Crippen LogP contribution in [0.4, 0.5) is 17.5 Å². The molecule has 29 heavy (non-hydrogen) atoms. The van der Waals surface area contributed by atoms with Gasteiger partial charge in [0.2, 0.25) is 5.95 Å². The van der Waals surface area contributed by atoms with Crippen molar-refractivity contribution >= 4 is 23.4 Å². The minimum atomic E-state index is -0.0304. The Hall–Kier alpha value is -3.48. The van der Waals surface area contributed by atoms with E-state index in [1.54, 1.807) is 12.3 Å². The first-order valence-corrected chi connectivity index (χ1v) is 9.73. The predicted molar refractivity (Wildman–Crippen MR) is 114 cm³/mol. The molecular formula is C22H24N6O. The summed E-state index contributed by atoms with van der Waals surface area (Å²) < 4.78 is 0. The number of piperazine rings is 1. The number of nitrogens with one attached hydrogen (secondary N) is 1. The average molecular weight is 388 g/mol. The van der Waals surface area contributed by atoms with Gasteiger partial charge in [-0.2, -0.15) is 4.98 Å². The van der Waals surface area contributed by atoms with Gasteiger partial charge < -0.3 is 15.1 Å². The quantitative estimate of drug-likeness (QED) is 0.740. The van der Waals surface area contributed by atoms with Crippen molar-refractivity contribution < 1.29 is 4.79 Å². The van der Waals surface area contributed by atoms with Gasteiger partial charge in [0.1, 0.15) is 11.5 Å². The molecule has 3 aromatic rings. The van der Waals surface area contributed by atoms with Crippen LogP contribution in [0.5, 0.6) is 0 Å². The second kappa shape index (κ2) is 8.26. The molecule has 0 unspecified atom stereocenters. The van der Waals surface area contributed by atoms with E-state index < -0.39 is 0 Å². The van der Waals surface area contributed by atoms with Gasteiger partial charge in [0.05, 0.1) is 0 Å². The molecule has 1 N–H and O–H groups in total. The van der Waals surface area contributed by atoms with Crippen LogP contribution in [-0.2, 0) is 0 Å². The number of hydrogen-bond donors (Lipinski definition) is 1. The van der Waals surface area contributed by atoms with Crippen LogP contribution < -0.4 is 10.2 Å². The molecule has 3 heterocycles. The smallest absolute Gasteiger partial charge is 0.272 e. The maximum absolute atomic E-state index is 12.6. The Morgan fingerprint density at radius 3 is 2.41 bits per heavy atom. The molecular weight excluding hydrogens is 364 g/mol. The summed E-state index contributed by atoms with van der Waals surface area (Å²) in [5.41, 5.74) is 3.59. The number of carbonyl (C=O) groups is 1. The molecule has 1 fully saturated rings. The van der Waals surface area contributed by atoms with Gasteiger partial charge in [-0.3, -0.25) is 9.78 Å². The lowest BCUT2D eigenvalue weighted by Gasteiger charge is -2.34. The minimum absolute atomic E-state index is 0.0304. The summed E-state index contributed by atoms with van der Waals surface area (Å²) in [6, 6.07) is 15.5. The van der Waals surface area contributed by atoms with E-state index in [9.17, 15) is 4.79 Å². The van der Waals surface area contributed by atoms with Crippen LogP contribution in [-0.4, -0.2) is 51.9 Å². The largest absolute Gasteiger partial charge is 0.340 e. The molecule has 0 bridgehead atoms. The number of rotatable bonds is 4. The maximum Gasteiger partial charge on any atom is 0.272 e. The molecule has 0 aliphatic carbocycles. The number of pyridine rings is 1. The molecule has 1 aliphatic rings. The molecule has 1 aliphatic heterocycles. The zero-order chi connectivity index (χ0) is 20.2. The highest BCUT2D eigenvalue weighted by atomic mass is 16.2. The van der Waals surface area contributed by atoms with E-state index in [-0.39, 0.29) is 5.91 Å². The summed E-state index contributed by atoms with van der Waals surface area (Å²) in [5, 5.41) is 3.35. The van der Waals surface area contributed by atoms with Crippen molar-refractivity contribution in [3.8, 4) is 0 Å². The predicted octanol–water partition coefficient (Wildman–Crippen LogP) is 3.19. The fourth-order valence-electron chi connectivity index (χ4n) is 3.30. The van der Waals surface area contributed by atoms with E-state index in [0.29, 0.717) is 37.8 Å². The Kier molecular flexibility index (Phi) is 5.37. The zero-order valence-corrected chi connectivity index (χ0v) is 16.7. The molecule has 0 spiro atoms. The van der Waals surface area contributed by atoms with Crippen LogP contribution in [0.2, 0.25) is 0 Å². The van der Waals surface area contributed by atoms with E-state index in [2.05, 4.69) is 39.2 Å². The first kappa shape index (κ1) is 18.9. The molecule has 1 saturated heterocycles. The lowest BCUT2D eigenvalue weighted by molar-refractivity contribution is 0.0740. The normalized spacial score (nSPS) is 14.0. The van der Waals surface area contributed by atoms with Crippen LogP contribution in [0.3, 0.4) is 0 Å². The van der Waals surface area contributed by atoms with Crippen molar-refractivity contribution in [2.75, 3.05) is 36.4 Å². The number of aromatic nitrogens is 3. The molecule has 2 aromatic heterocycles. The summed E-state index contributed by atoms with van der Waals surface area (Å²) in [7, 11) is 0. The minimum Gasteiger partial charge on any atom is -0.340 e. The van der Waals surface area contributed by atoms with Gasteiger partial charge in [0.15, 0.2) is 0 Å². The van der Waals surface area contributed by atoms with Crippen molar-refractivity contribution in [3.63, 3.8) is 0 Å². The topological polar surface area (TPSA) is 74.2 Å². The second-order valence-corrected chi connectivity index (χ2v) is 7.18. The third-order valence-corrected chi connectivity index (χ3v) is 4.90. The van der Waals surface area contributed by atoms with Crippen LogP contribution in [0.15, 0.2) is 54.7 Å². The van der Waals surface area contributed by atoms with Crippen LogP contribution in [0, 0.1) is 13.8 Å². The third-order valence-electron chi connectivity index (χ3n) is 4.90. The molecule has 0 radical (unpaired) electrons. The number of anilines is 3. The summed E-state index contributed by atoms with van der Waals surface area (Å²) in [6.45, 7) is 6.64. The van der Waals surface area contributed by atoms with Gasteiger partial charge in [-0.1, -0.05) is 23.8 Å². The van der Waals surface area contributed by atoms with E-state index in [1.807, 2.05) is 42.2 Å². The van der Waals surface area contributed by atoms with Gasteiger partial charge in [0.25, 0.3) is 5.91 Å². The van der Waals surface area contributed by atoms with Gasteiger partial charge in [-0.05, 0) is 38.1 Å². The van der Waals surface area contributed by atoms with Gasteiger partial charge in [-0.15, -0.1) is 0 Å². The average Bonchev–Trinajstić information content (AvgIpc) is 2.75. The van der Waals surface area contributed by atoms with E-state index in [1.165, 1.54) is 5.56 Å². The van der Waals surface area contributed by atoms with Crippen molar-refractivity contribution in [2.24, 2.45) is 0 Å². The van der Waals surface area contributed by atoms with E-state index in [4.69, 9.17) is 4.98 Å². The number of carbonyl (C=O) groups excluding carboxylic acids is 1. The Bertz CT molecular complexity index is 982. The molecule has 7 nitrogen and oxygen atoms in total. The van der Waals surface area contributed by atoms with Crippen molar-refractivity contribution in [2.45, 2.75) is 13.8 Å². The van der Waals surface area contributed by atoms with E-state index in [0.717, 1.165) is 17.2 Å². The highest BCUT2D eigenvalue weighted by molar-refractivity contribution is 5.92. The maximum atomic E-state index is 12.6. The van der Waals surface area contributed by atoms with Crippen molar-refractivity contribution in [1.82, 2.24) is 19.9 Å². The SMILES string of the molecule is Cc1ccc(Nc2cc(C)nc(N3CCN(C(=O)c4ccccn4)CC3)n2)cc1. The molecule has 4 rings (SSSR count). The second-order valence-electron chi connectivity index (χ2n) is 7.18. The molecule has 1 aromatic carbocycles. The summed E-state index contributed by atoms with van der Waals surface area (Å²) in [6.07, 6.45) is 1.65. The zero-order valence-electron chi connectivity index (χ0n) is 16.7. The first-order valence-electron chi connectivity index (χ1n) is 9.73. The fourth-order valence-corrected chi connectivity index (χ4v) is 3.30. The lowest BCUT2D eigenvalue weighted by Crippen LogP contribution is -2.49. The third kappa shape index (κ3) is 4.51. The molecule has 0 saturated carbocycles. The molecule has 7 heteroatoms. The highest BCUT2D eigenvalue weighted by Gasteiger charge is 2.24. The monoisotopic (exact) mass is 388 g/mol. The fraction of sp³-hybridized carbons (Fsp3) is 0.273. The number of hydrogen-bond acceptors (Lipinski definition) is 6. The Morgan fingerprint density at radius 1 is 0.966 bits per heavy atom. The Morgan fingerprint density at radius 2 is 1.72 bits per heavy atom. The van der Waals surface area contributed by atoms with Gasteiger partial charge in [0, 0.05) is 49.8 Å².